The fraction of sp³-hybridized carbons (Fsp3) is 0.800. The average molecular weight is 415 g/mol. The van der Waals surface area contributed by atoms with E-state index in [4.69, 9.17) is 5.73 Å². The third kappa shape index (κ3) is 9.25. The minimum atomic E-state index is -1.12. The Hall–Kier alpha value is -2.16. The molecule has 168 valence electrons. The van der Waals surface area contributed by atoms with Crippen molar-refractivity contribution in [3.05, 3.63) is 0 Å². The van der Waals surface area contributed by atoms with E-state index in [1.807, 2.05) is 27.7 Å². The highest BCUT2D eigenvalue weighted by Gasteiger charge is 2.31. The molecule has 0 aromatic rings. The van der Waals surface area contributed by atoms with Gasteiger partial charge in [0.15, 0.2) is 0 Å². The van der Waals surface area contributed by atoms with Gasteiger partial charge in [-0.1, -0.05) is 48.0 Å². The predicted octanol–water partition coefficient (Wildman–Crippen LogP) is 0.621. The first-order valence-corrected chi connectivity index (χ1v) is 10.2. The summed E-state index contributed by atoms with van der Waals surface area (Å²) in [7, 11) is 0. The van der Waals surface area contributed by atoms with Gasteiger partial charge in [0, 0.05) is 0 Å². The van der Waals surface area contributed by atoms with E-state index in [1.54, 1.807) is 13.8 Å². The maximum Gasteiger partial charge on any atom is 0.326 e. The summed E-state index contributed by atoms with van der Waals surface area (Å²) in [5, 5.41) is 17.0. The van der Waals surface area contributed by atoms with E-state index >= 15 is 0 Å². The first-order chi connectivity index (χ1) is 13.3. The highest BCUT2D eigenvalue weighted by molar-refractivity contribution is 5.94. The third-order valence-corrected chi connectivity index (χ3v) is 4.88. The number of hydrogen-bond acceptors (Lipinski definition) is 5. The summed E-state index contributed by atoms with van der Waals surface area (Å²) in [4.78, 5) is 48.7. The molecular weight excluding hydrogens is 376 g/mol. The lowest BCUT2D eigenvalue weighted by Gasteiger charge is -2.26. The van der Waals surface area contributed by atoms with Crippen molar-refractivity contribution in [1.29, 1.82) is 0 Å². The van der Waals surface area contributed by atoms with Gasteiger partial charge in [-0.3, -0.25) is 14.4 Å². The van der Waals surface area contributed by atoms with Gasteiger partial charge in [0.05, 0.1) is 6.04 Å². The third-order valence-electron chi connectivity index (χ3n) is 4.88. The normalized spacial score (nSPS) is 16.5. The van der Waals surface area contributed by atoms with Crippen LogP contribution in [0.2, 0.25) is 0 Å². The van der Waals surface area contributed by atoms with Crippen LogP contribution in [-0.4, -0.2) is 53.0 Å². The highest BCUT2D eigenvalue weighted by atomic mass is 16.4. The molecule has 0 fully saturated rings. The molecule has 0 rings (SSSR count). The molecule has 29 heavy (non-hydrogen) atoms. The molecule has 0 bridgehead atoms. The maximum atomic E-state index is 12.6. The Morgan fingerprint density at radius 1 is 0.862 bits per heavy atom. The van der Waals surface area contributed by atoms with Crippen molar-refractivity contribution in [3.8, 4) is 0 Å². The van der Waals surface area contributed by atoms with Crippen molar-refractivity contribution in [1.82, 2.24) is 16.0 Å². The van der Waals surface area contributed by atoms with E-state index in [1.165, 1.54) is 6.92 Å². The van der Waals surface area contributed by atoms with Gasteiger partial charge < -0.3 is 26.8 Å². The van der Waals surface area contributed by atoms with Crippen molar-refractivity contribution < 1.29 is 24.3 Å². The summed E-state index contributed by atoms with van der Waals surface area (Å²) in [6.45, 7) is 12.5. The molecule has 0 aromatic carbocycles. The first-order valence-electron chi connectivity index (χ1n) is 10.2. The van der Waals surface area contributed by atoms with E-state index < -0.39 is 47.9 Å². The van der Waals surface area contributed by atoms with Gasteiger partial charge in [-0.25, -0.2) is 4.79 Å². The van der Waals surface area contributed by atoms with Gasteiger partial charge in [-0.15, -0.1) is 0 Å². The molecule has 6 N–H and O–H groups in total. The van der Waals surface area contributed by atoms with Gasteiger partial charge in [-0.2, -0.15) is 0 Å². The number of nitrogens with two attached hydrogens (primary N) is 1. The molecule has 0 aromatic heterocycles. The molecule has 0 saturated heterocycles. The van der Waals surface area contributed by atoms with Gasteiger partial charge in [0.25, 0.3) is 0 Å². The van der Waals surface area contributed by atoms with Crippen LogP contribution in [-0.2, 0) is 19.2 Å². The number of rotatable bonds is 12. The molecular formula is C20H38N4O5. The molecule has 0 heterocycles. The summed E-state index contributed by atoms with van der Waals surface area (Å²) in [6, 6.07) is -3.59. The first kappa shape index (κ1) is 26.8. The summed E-state index contributed by atoms with van der Waals surface area (Å²) in [6.07, 6.45) is 1.01. The lowest BCUT2D eigenvalue weighted by Crippen LogP contribution is -2.58. The Morgan fingerprint density at radius 3 is 1.83 bits per heavy atom. The second-order valence-corrected chi connectivity index (χ2v) is 8.40. The van der Waals surface area contributed by atoms with Gasteiger partial charge in [0.2, 0.25) is 17.7 Å². The zero-order valence-corrected chi connectivity index (χ0v) is 18.6. The minimum Gasteiger partial charge on any atom is -0.480 e. The molecule has 3 amide bonds. The number of aliphatic carboxylic acids is 1. The quantitative estimate of drug-likeness (QED) is 0.316. The average Bonchev–Trinajstić information content (AvgIpc) is 2.62. The Balaban J connectivity index is 5.05. The fourth-order valence-electron chi connectivity index (χ4n) is 2.66. The minimum absolute atomic E-state index is 0.0339. The van der Waals surface area contributed by atoms with E-state index in [2.05, 4.69) is 16.0 Å². The predicted molar refractivity (Wildman–Crippen MR) is 111 cm³/mol. The van der Waals surface area contributed by atoms with Crippen LogP contribution in [0.3, 0.4) is 0 Å². The van der Waals surface area contributed by atoms with Crippen LogP contribution in [0.15, 0.2) is 0 Å². The lowest BCUT2D eigenvalue weighted by atomic mass is 9.99. The zero-order chi connectivity index (χ0) is 22.9. The number of nitrogens with one attached hydrogen (secondary N) is 3. The summed E-state index contributed by atoms with van der Waals surface area (Å²) in [5.74, 6) is -2.91. The van der Waals surface area contributed by atoms with Crippen molar-refractivity contribution in [2.75, 3.05) is 0 Å². The van der Waals surface area contributed by atoms with Crippen LogP contribution in [0.4, 0.5) is 0 Å². The molecule has 5 atom stereocenters. The number of carboxylic acids is 1. The number of carbonyl (C=O) groups is 4. The van der Waals surface area contributed by atoms with Crippen LogP contribution >= 0.6 is 0 Å². The van der Waals surface area contributed by atoms with Crippen molar-refractivity contribution in [3.63, 3.8) is 0 Å². The summed E-state index contributed by atoms with van der Waals surface area (Å²) in [5.41, 5.74) is 5.88. The van der Waals surface area contributed by atoms with Gasteiger partial charge in [0.1, 0.15) is 18.1 Å². The molecule has 0 saturated carbocycles. The van der Waals surface area contributed by atoms with Gasteiger partial charge >= 0.3 is 5.97 Å². The number of carbonyl (C=O) groups excluding carboxylic acids is 3. The van der Waals surface area contributed by atoms with Crippen molar-refractivity contribution in [2.24, 2.45) is 23.5 Å². The molecule has 9 heteroatoms. The lowest BCUT2D eigenvalue weighted by molar-refractivity contribution is -0.143. The second kappa shape index (κ2) is 12.4. The Bertz CT molecular complexity index is 579. The fourth-order valence-corrected chi connectivity index (χ4v) is 2.66. The number of hydrogen-bond donors (Lipinski definition) is 5. The second-order valence-electron chi connectivity index (χ2n) is 8.40. The van der Waals surface area contributed by atoms with Crippen molar-refractivity contribution in [2.45, 2.75) is 85.5 Å². The maximum absolute atomic E-state index is 12.6. The van der Waals surface area contributed by atoms with E-state index in [-0.39, 0.29) is 24.2 Å². The topological polar surface area (TPSA) is 151 Å². The summed E-state index contributed by atoms with van der Waals surface area (Å²) >= 11 is 0. The molecule has 0 spiro atoms. The molecule has 0 aliphatic heterocycles. The van der Waals surface area contributed by atoms with Crippen molar-refractivity contribution >= 4 is 23.7 Å². The zero-order valence-electron chi connectivity index (χ0n) is 18.6. The van der Waals surface area contributed by atoms with Crippen LogP contribution < -0.4 is 21.7 Å². The molecule has 9 nitrogen and oxygen atoms in total. The van der Waals surface area contributed by atoms with Crippen LogP contribution in [0.25, 0.3) is 0 Å². The largest absolute Gasteiger partial charge is 0.480 e. The smallest absolute Gasteiger partial charge is 0.326 e. The Morgan fingerprint density at radius 2 is 1.41 bits per heavy atom. The van der Waals surface area contributed by atoms with E-state index in [9.17, 15) is 24.3 Å². The van der Waals surface area contributed by atoms with E-state index in [0.717, 1.165) is 6.42 Å². The molecule has 5 unspecified atom stereocenters. The van der Waals surface area contributed by atoms with Gasteiger partial charge in [-0.05, 0) is 31.1 Å². The highest BCUT2D eigenvalue weighted by Crippen LogP contribution is 2.09. The molecule has 0 aliphatic rings. The van der Waals surface area contributed by atoms with Crippen LogP contribution in [0.5, 0.6) is 0 Å². The Labute approximate surface area is 173 Å². The van der Waals surface area contributed by atoms with Crippen LogP contribution in [0, 0.1) is 17.8 Å². The Kier molecular flexibility index (Phi) is 11.5. The van der Waals surface area contributed by atoms with Crippen LogP contribution in [0.1, 0.15) is 61.3 Å². The standard InChI is InChI=1S/C20H38N4O5/c1-8-12(6)15(21)18(26)22-13(7)17(25)24-16(11(4)5)19(27)23-14(20(28)29)9-10(2)3/h10-16H,8-9,21H2,1-7H3,(H,22,26)(H,23,27)(H,24,25)(H,28,29). The number of amides is 3. The monoisotopic (exact) mass is 414 g/mol. The number of carboxylic acid groups (broad SMARTS) is 1. The SMILES string of the molecule is CCC(C)C(N)C(=O)NC(C)C(=O)NC(C(=O)NC(CC(C)C)C(=O)O)C(C)C. The van der Waals surface area contributed by atoms with E-state index in [0.29, 0.717) is 0 Å². The summed E-state index contributed by atoms with van der Waals surface area (Å²) < 4.78 is 0. The molecule has 0 radical (unpaired) electrons. The molecule has 0 aliphatic carbocycles.